The lowest BCUT2D eigenvalue weighted by molar-refractivity contribution is 0.502. The molecule has 3 heteroatoms. The molecule has 0 amide bonds. The van der Waals surface area contributed by atoms with Gasteiger partial charge in [0.15, 0.2) is 0 Å². The van der Waals surface area contributed by atoms with Crippen molar-refractivity contribution in [1.82, 2.24) is 4.98 Å². The second-order valence-electron chi connectivity index (χ2n) is 5.79. The lowest BCUT2D eigenvalue weighted by Gasteiger charge is -2.17. The van der Waals surface area contributed by atoms with Gasteiger partial charge in [0.25, 0.3) is 0 Å². The quantitative estimate of drug-likeness (QED) is 0.777. The Bertz CT molecular complexity index is 378. The van der Waals surface area contributed by atoms with E-state index in [9.17, 15) is 0 Å². The monoisotopic (exact) mass is 261 g/mol. The molecule has 1 aliphatic carbocycles. The zero-order chi connectivity index (χ0) is 13.5. The van der Waals surface area contributed by atoms with Crippen LogP contribution in [-0.4, -0.2) is 17.6 Å². The summed E-state index contributed by atoms with van der Waals surface area (Å²) in [4.78, 5) is 4.63. The Kier molecular flexibility index (Phi) is 5.49. The van der Waals surface area contributed by atoms with Crippen molar-refractivity contribution in [1.29, 1.82) is 0 Å². The molecule has 106 valence electrons. The van der Waals surface area contributed by atoms with E-state index in [0.717, 1.165) is 30.5 Å². The molecule has 1 aromatic rings. The average molecular weight is 261 g/mol. The predicted octanol–water partition coefficient (Wildman–Crippen LogP) is 4.28. The predicted molar refractivity (Wildman–Crippen MR) is 82.7 cm³/mol. The Balaban J connectivity index is 1.90. The average Bonchev–Trinajstić information content (AvgIpc) is 2.62. The van der Waals surface area contributed by atoms with Crippen molar-refractivity contribution in [2.24, 2.45) is 5.92 Å². The van der Waals surface area contributed by atoms with Crippen molar-refractivity contribution in [3.63, 3.8) is 0 Å². The van der Waals surface area contributed by atoms with Crippen LogP contribution < -0.4 is 10.6 Å². The number of rotatable bonds is 5. The summed E-state index contributed by atoms with van der Waals surface area (Å²) in [5.41, 5.74) is 0. The zero-order valence-electron chi connectivity index (χ0n) is 12.3. The highest BCUT2D eigenvalue weighted by molar-refractivity contribution is 5.45. The molecular formula is C16H27N3. The molecule has 1 fully saturated rings. The molecule has 0 bridgehead atoms. The van der Waals surface area contributed by atoms with Crippen molar-refractivity contribution in [2.75, 3.05) is 17.2 Å². The second-order valence-corrected chi connectivity index (χ2v) is 5.79. The number of pyridine rings is 1. The molecule has 3 nitrogen and oxygen atoms in total. The van der Waals surface area contributed by atoms with E-state index in [1.54, 1.807) is 0 Å². The fraction of sp³-hybridized carbons (Fsp3) is 0.688. The highest BCUT2D eigenvalue weighted by atomic mass is 15.1. The maximum atomic E-state index is 4.63. The first-order chi connectivity index (χ1) is 9.28. The van der Waals surface area contributed by atoms with Crippen LogP contribution in [0.5, 0.6) is 0 Å². The summed E-state index contributed by atoms with van der Waals surface area (Å²) in [7, 11) is 0. The smallest absolute Gasteiger partial charge is 0.128 e. The summed E-state index contributed by atoms with van der Waals surface area (Å²) in [5.74, 6) is 2.88. The van der Waals surface area contributed by atoms with Crippen LogP contribution in [0.2, 0.25) is 0 Å². The third-order valence-corrected chi connectivity index (χ3v) is 3.91. The SMILES string of the molecule is CCCNc1cccc(NC2CCCC(C)CC2)n1. The van der Waals surface area contributed by atoms with E-state index in [1.807, 2.05) is 6.07 Å². The van der Waals surface area contributed by atoms with Crippen LogP contribution in [0.1, 0.15) is 52.4 Å². The number of hydrogen-bond donors (Lipinski definition) is 2. The highest BCUT2D eigenvalue weighted by Crippen LogP contribution is 2.24. The van der Waals surface area contributed by atoms with Crippen molar-refractivity contribution in [3.8, 4) is 0 Å². The first kappa shape index (κ1) is 14.2. The molecular weight excluding hydrogens is 234 g/mol. The maximum Gasteiger partial charge on any atom is 0.128 e. The van der Waals surface area contributed by atoms with Gasteiger partial charge in [-0.15, -0.1) is 0 Å². The molecule has 1 saturated carbocycles. The number of anilines is 2. The van der Waals surface area contributed by atoms with Gasteiger partial charge < -0.3 is 10.6 Å². The maximum absolute atomic E-state index is 4.63. The van der Waals surface area contributed by atoms with E-state index in [2.05, 4.69) is 41.6 Å². The van der Waals surface area contributed by atoms with Gasteiger partial charge in [-0.05, 0) is 43.7 Å². The van der Waals surface area contributed by atoms with Gasteiger partial charge in [-0.1, -0.05) is 32.8 Å². The molecule has 0 aromatic carbocycles. The van der Waals surface area contributed by atoms with Crippen LogP contribution in [0.25, 0.3) is 0 Å². The topological polar surface area (TPSA) is 37.0 Å². The van der Waals surface area contributed by atoms with Crippen molar-refractivity contribution in [3.05, 3.63) is 18.2 Å². The van der Waals surface area contributed by atoms with Crippen LogP contribution in [0.15, 0.2) is 18.2 Å². The summed E-state index contributed by atoms with van der Waals surface area (Å²) in [6, 6.07) is 6.78. The van der Waals surface area contributed by atoms with E-state index in [-0.39, 0.29) is 0 Å². The van der Waals surface area contributed by atoms with Gasteiger partial charge in [-0.25, -0.2) is 4.98 Å². The van der Waals surface area contributed by atoms with E-state index in [0.29, 0.717) is 6.04 Å². The first-order valence-corrected chi connectivity index (χ1v) is 7.75. The molecule has 1 aromatic heterocycles. The van der Waals surface area contributed by atoms with Crippen LogP contribution in [0, 0.1) is 5.92 Å². The molecule has 2 unspecified atom stereocenters. The Morgan fingerprint density at radius 3 is 2.84 bits per heavy atom. The molecule has 0 saturated heterocycles. The molecule has 1 aliphatic rings. The normalized spacial score (nSPS) is 23.7. The Labute approximate surface area is 117 Å². The Morgan fingerprint density at radius 1 is 1.16 bits per heavy atom. The third-order valence-electron chi connectivity index (χ3n) is 3.91. The van der Waals surface area contributed by atoms with Gasteiger partial charge in [0.2, 0.25) is 0 Å². The molecule has 2 rings (SSSR count). The lowest BCUT2D eigenvalue weighted by Crippen LogP contribution is -2.19. The number of hydrogen-bond acceptors (Lipinski definition) is 3. The van der Waals surface area contributed by atoms with Gasteiger partial charge in [-0.2, -0.15) is 0 Å². The minimum atomic E-state index is 0.596. The van der Waals surface area contributed by atoms with E-state index in [1.165, 1.54) is 32.1 Å². The molecule has 0 spiro atoms. The molecule has 1 heterocycles. The summed E-state index contributed by atoms with van der Waals surface area (Å²) < 4.78 is 0. The van der Waals surface area contributed by atoms with E-state index >= 15 is 0 Å². The molecule has 2 N–H and O–H groups in total. The van der Waals surface area contributed by atoms with Crippen LogP contribution in [0.3, 0.4) is 0 Å². The van der Waals surface area contributed by atoms with Crippen molar-refractivity contribution in [2.45, 2.75) is 58.4 Å². The fourth-order valence-electron chi connectivity index (χ4n) is 2.71. The molecule has 0 radical (unpaired) electrons. The summed E-state index contributed by atoms with van der Waals surface area (Å²) in [5, 5.41) is 6.95. The minimum absolute atomic E-state index is 0.596. The lowest BCUT2D eigenvalue weighted by atomic mass is 10.0. The van der Waals surface area contributed by atoms with Crippen LogP contribution >= 0.6 is 0 Å². The van der Waals surface area contributed by atoms with E-state index in [4.69, 9.17) is 0 Å². The van der Waals surface area contributed by atoms with Gasteiger partial charge in [-0.3, -0.25) is 0 Å². The van der Waals surface area contributed by atoms with Crippen LogP contribution in [-0.2, 0) is 0 Å². The summed E-state index contributed by atoms with van der Waals surface area (Å²) in [6.07, 6.45) is 7.73. The summed E-state index contributed by atoms with van der Waals surface area (Å²) in [6.45, 7) is 5.52. The van der Waals surface area contributed by atoms with Gasteiger partial charge in [0.05, 0.1) is 0 Å². The van der Waals surface area contributed by atoms with Gasteiger partial charge >= 0.3 is 0 Å². The number of nitrogens with one attached hydrogen (secondary N) is 2. The third kappa shape index (κ3) is 4.73. The van der Waals surface area contributed by atoms with Crippen molar-refractivity contribution >= 4 is 11.6 Å². The standard InChI is InChI=1S/C16H27N3/c1-3-12-17-15-8-5-9-16(19-15)18-14-7-4-6-13(2)10-11-14/h5,8-9,13-14H,3-4,6-7,10-12H2,1-2H3,(H2,17,18,19). The molecule has 2 atom stereocenters. The van der Waals surface area contributed by atoms with Gasteiger partial charge in [0.1, 0.15) is 11.6 Å². The zero-order valence-corrected chi connectivity index (χ0v) is 12.3. The summed E-state index contributed by atoms with van der Waals surface area (Å²) >= 11 is 0. The van der Waals surface area contributed by atoms with E-state index < -0.39 is 0 Å². The Morgan fingerprint density at radius 2 is 2.00 bits per heavy atom. The fourth-order valence-corrected chi connectivity index (χ4v) is 2.71. The molecule has 19 heavy (non-hydrogen) atoms. The second kappa shape index (κ2) is 7.37. The Hall–Kier alpha value is -1.25. The van der Waals surface area contributed by atoms with Crippen molar-refractivity contribution < 1.29 is 0 Å². The first-order valence-electron chi connectivity index (χ1n) is 7.75. The minimum Gasteiger partial charge on any atom is -0.370 e. The largest absolute Gasteiger partial charge is 0.370 e. The van der Waals surface area contributed by atoms with Crippen LogP contribution in [0.4, 0.5) is 11.6 Å². The molecule has 0 aliphatic heterocycles. The highest BCUT2D eigenvalue weighted by Gasteiger charge is 2.16. The van der Waals surface area contributed by atoms with Gasteiger partial charge in [0, 0.05) is 12.6 Å². The number of nitrogens with zero attached hydrogens (tertiary/aromatic N) is 1. The number of aromatic nitrogens is 1.